The number of aromatic nitrogens is 1. The average molecular weight is 350 g/mol. The fraction of sp³-hybridized carbons (Fsp3) is 0.286. The van der Waals surface area contributed by atoms with Crippen LogP contribution in [-0.4, -0.2) is 34.1 Å². The quantitative estimate of drug-likeness (QED) is 0.763. The number of likely N-dealkylation sites (N-methyl/N-ethyl adjacent to an activating group) is 1. The van der Waals surface area contributed by atoms with Crippen LogP contribution in [0.15, 0.2) is 54.6 Å². The van der Waals surface area contributed by atoms with Gasteiger partial charge in [0.25, 0.3) is 0 Å². The lowest BCUT2D eigenvalue weighted by Crippen LogP contribution is -2.36. The largest absolute Gasteiger partial charge is 0.489 e. The van der Waals surface area contributed by atoms with Crippen LogP contribution >= 0.6 is 0 Å². The Kier molecular flexibility index (Phi) is 4.39. The first-order valence-electron chi connectivity index (χ1n) is 8.84. The highest BCUT2D eigenvalue weighted by Crippen LogP contribution is 2.34. The minimum Gasteiger partial charge on any atom is -0.489 e. The molecule has 5 heteroatoms. The molecule has 1 aliphatic rings. The van der Waals surface area contributed by atoms with E-state index in [1.807, 2.05) is 49.5 Å². The van der Waals surface area contributed by atoms with E-state index in [1.54, 1.807) is 0 Å². The zero-order valence-corrected chi connectivity index (χ0v) is 14.8. The Bertz CT molecular complexity index is 933. The molecule has 0 radical (unpaired) electrons. The Hall–Kier alpha value is -2.79. The Morgan fingerprint density at radius 1 is 1.15 bits per heavy atom. The summed E-state index contributed by atoms with van der Waals surface area (Å²) in [5.41, 5.74) is 3.33. The second-order valence-corrected chi connectivity index (χ2v) is 6.81. The first-order valence-corrected chi connectivity index (χ1v) is 8.84. The molecule has 2 aromatic carbocycles. The van der Waals surface area contributed by atoms with E-state index >= 15 is 0 Å². The van der Waals surface area contributed by atoms with Crippen molar-refractivity contribution in [2.24, 2.45) is 0 Å². The molecule has 0 bridgehead atoms. The van der Waals surface area contributed by atoms with Crippen molar-refractivity contribution in [3.05, 3.63) is 65.9 Å². The molecule has 0 spiro atoms. The number of carboxylic acid groups (broad SMARTS) is 1. The number of hydrogen-bond acceptors (Lipinski definition) is 3. The van der Waals surface area contributed by atoms with Gasteiger partial charge in [-0.1, -0.05) is 30.3 Å². The molecule has 0 fully saturated rings. The summed E-state index contributed by atoms with van der Waals surface area (Å²) in [5.74, 6) is 0.0554. The molecule has 0 aliphatic carbocycles. The molecular formula is C21H22N2O3. The number of benzene rings is 2. The van der Waals surface area contributed by atoms with Crippen molar-refractivity contribution in [1.29, 1.82) is 0 Å². The van der Waals surface area contributed by atoms with E-state index in [2.05, 4.69) is 21.6 Å². The van der Waals surface area contributed by atoms with E-state index in [1.165, 1.54) is 0 Å². The van der Waals surface area contributed by atoms with Crippen molar-refractivity contribution in [3.8, 4) is 5.75 Å². The number of carboxylic acids is 1. The summed E-state index contributed by atoms with van der Waals surface area (Å²) in [6.07, 6.45) is 0.115. The second-order valence-electron chi connectivity index (χ2n) is 6.81. The van der Waals surface area contributed by atoms with Gasteiger partial charge in [0.1, 0.15) is 12.4 Å². The third-order valence-corrected chi connectivity index (χ3v) is 5.07. The van der Waals surface area contributed by atoms with Gasteiger partial charge in [-0.2, -0.15) is 0 Å². The van der Waals surface area contributed by atoms with Crippen molar-refractivity contribution < 1.29 is 14.6 Å². The monoisotopic (exact) mass is 350 g/mol. The van der Waals surface area contributed by atoms with E-state index in [-0.39, 0.29) is 12.5 Å². The summed E-state index contributed by atoms with van der Waals surface area (Å²) in [5, 5.41) is 10.3. The molecule has 5 nitrogen and oxygen atoms in total. The van der Waals surface area contributed by atoms with Crippen molar-refractivity contribution in [3.63, 3.8) is 0 Å². The van der Waals surface area contributed by atoms with E-state index in [9.17, 15) is 9.90 Å². The number of rotatable bonds is 5. The van der Waals surface area contributed by atoms with Crippen LogP contribution in [0, 0.1) is 0 Å². The third kappa shape index (κ3) is 3.18. The number of nitrogens with zero attached hydrogens (tertiary/aromatic N) is 2. The van der Waals surface area contributed by atoms with Gasteiger partial charge in [-0.15, -0.1) is 0 Å². The van der Waals surface area contributed by atoms with Crippen LogP contribution in [0.25, 0.3) is 10.9 Å². The van der Waals surface area contributed by atoms with Crippen LogP contribution in [-0.2, 0) is 17.9 Å². The van der Waals surface area contributed by atoms with Crippen LogP contribution < -0.4 is 4.74 Å². The number of aliphatic carboxylic acids is 1. The zero-order valence-electron chi connectivity index (χ0n) is 14.8. The van der Waals surface area contributed by atoms with Gasteiger partial charge in [-0.3, -0.25) is 9.69 Å². The molecule has 1 atom stereocenters. The maximum atomic E-state index is 11.3. The second kappa shape index (κ2) is 6.84. The lowest BCUT2D eigenvalue weighted by molar-refractivity contribution is -0.138. The Labute approximate surface area is 152 Å². The van der Waals surface area contributed by atoms with Crippen LogP contribution in [0.5, 0.6) is 5.75 Å². The van der Waals surface area contributed by atoms with Gasteiger partial charge in [0.15, 0.2) is 0 Å². The number of carbonyl (C=O) groups is 1. The standard InChI is InChI=1S/C21H22N2O3/c1-22-9-10-23-18-8-7-17(26-14-15-5-3-2-4-6-15)11-16(18)12-20(23)19(22)13-21(24)25/h2-8,11-12,19H,9-10,13-14H2,1H3,(H,24,25). The molecule has 26 heavy (non-hydrogen) atoms. The van der Waals surface area contributed by atoms with Gasteiger partial charge in [-0.05, 0) is 36.9 Å². The van der Waals surface area contributed by atoms with Crippen LogP contribution in [0.2, 0.25) is 0 Å². The maximum absolute atomic E-state index is 11.3. The van der Waals surface area contributed by atoms with Crippen molar-refractivity contribution in [2.75, 3.05) is 13.6 Å². The first-order chi connectivity index (χ1) is 12.6. The first kappa shape index (κ1) is 16.7. The van der Waals surface area contributed by atoms with Gasteiger partial charge in [0, 0.05) is 29.7 Å². The number of fused-ring (bicyclic) bond motifs is 3. The Morgan fingerprint density at radius 3 is 2.73 bits per heavy atom. The van der Waals surface area contributed by atoms with Crippen LogP contribution in [0.4, 0.5) is 0 Å². The van der Waals surface area contributed by atoms with Crippen molar-refractivity contribution >= 4 is 16.9 Å². The molecule has 4 rings (SSSR count). The zero-order chi connectivity index (χ0) is 18.1. The lowest BCUT2D eigenvalue weighted by Gasteiger charge is -2.33. The molecule has 0 amide bonds. The summed E-state index contributed by atoms with van der Waals surface area (Å²) in [6, 6.07) is 18.2. The molecule has 0 saturated heterocycles. The van der Waals surface area contributed by atoms with Crippen LogP contribution in [0.3, 0.4) is 0 Å². The lowest BCUT2D eigenvalue weighted by atomic mass is 10.1. The topological polar surface area (TPSA) is 54.7 Å². The Morgan fingerprint density at radius 2 is 1.96 bits per heavy atom. The Balaban J connectivity index is 1.62. The molecule has 1 aromatic heterocycles. The van der Waals surface area contributed by atoms with Gasteiger partial charge in [0.05, 0.1) is 12.5 Å². The smallest absolute Gasteiger partial charge is 0.305 e. The molecule has 1 unspecified atom stereocenters. The van der Waals surface area contributed by atoms with Gasteiger partial charge in [-0.25, -0.2) is 0 Å². The van der Waals surface area contributed by atoms with E-state index < -0.39 is 5.97 Å². The molecule has 0 saturated carbocycles. The van der Waals surface area contributed by atoms with Crippen molar-refractivity contribution in [1.82, 2.24) is 9.47 Å². The normalized spacial score (nSPS) is 17.2. The predicted molar refractivity (Wildman–Crippen MR) is 100 cm³/mol. The number of hydrogen-bond donors (Lipinski definition) is 1. The van der Waals surface area contributed by atoms with E-state index in [0.717, 1.165) is 41.0 Å². The minimum absolute atomic E-state index is 0.0951. The molecule has 3 aromatic rings. The third-order valence-electron chi connectivity index (χ3n) is 5.07. The maximum Gasteiger partial charge on any atom is 0.305 e. The van der Waals surface area contributed by atoms with Gasteiger partial charge >= 0.3 is 5.97 Å². The molecule has 1 N–H and O–H groups in total. The van der Waals surface area contributed by atoms with Crippen LogP contribution in [0.1, 0.15) is 23.7 Å². The summed E-state index contributed by atoms with van der Waals surface area (Å²) in [6.45, 7) is 2.25. The van der Waals surface area contributed by atoms with Gasteiger partial charge < -0.3 is 14.4 Å². The fourth-order valence-electron chi connectivity index (χ4n) is 3.69. The molecule has 2 heterocycles. The summed E-state index contributed by atoms with van der Waals surface area (Å²) >= 11 is 0. The summed E-state index contributed by atoms with van der Waals surface area (Å²) in [7, 11) is 1.99. The highest BCUT2D eigenvalue weighted by atomic mass is 16.5. The molecule has 134 valence electrons. The highest BCUT2D eigenvalue weighted by molar-refractivity contribution is 5.83. The summed E-state index contributed by atoms with van der Waals surface area (Å²) < 4.78 is 8.17. The predicted octanol–water partition coefficient (Wildman–Crippen LogP) is 3.68. The average Bonchev–Trinajstić information content (AvgIpc) is 3.01. The summed E-state index contributed by atoms with van der Waals surface area (Å²) in [4.78, 5) is 13.4. The van der Waals surface area contributed by atoms with E-state index in [4.69, 9.17) is 4.74 Å². The van der Waals surface area contributed by atoms with Crippen molar-refractivity contribution in [2.45, 2.75) is 25.6 Å². The fourth-order valence-corrected chi connectivity index (χ4v) is 3.69. The SMILES string of the molecule is CN1CCn2c(cc3cc(OCc4ccccc4)ccc32)C1CC(=O)O. The molecular weight excluding hydrogens is 328 g/mol. The van der Waals surface area contributed by atoms with E-state index in [0.29, 0.717) is 6.61 Å². The van der Waals surface area contributed by atoms with Gasteiger partial charge in [0.2, 0.25) is 0 Å². The number of ether oxygens (including phenoxy) is 1. The molecule has 1 aliphatic heterocycles. The highest BCUT2D eigenvalue weighted by Gasteiger charge is 2.28. The minimum atomic E-state index is -0.771.